The van der Waals surface area contributed by atoms with E-state index in [1.54, 1.807) is 18.5 Å². The minimum absolute atomic E-state index is 0.337. The van der Waals surface area contributed by atoms with Crippen LogP contribution in [0.25, 0.3) is 21.7 Å². The number of benzene rings is 2. The lowest BCUT2D eigenvalue weighted by Crippen LogP contribution is -2.37. The third-order valence-electron chi connectivity index (χ3n) is 7.15. The maximum atomic E-state index is 13.9. The van der Waals surface area contributed by atoms with E-state index in [2.05, 4.69) is 9.88 Å². The van der Waals surface area contributed by atoms with Crippen molar-refractivity contribution in [2.75, 3.05) is 13.1 Å². The number of hydrogen-bond acceptors (Lipinski definition) is 4. The molecule has 2 fully saturated rings. The van der Waals surface area contributed by atoms with Gasteiger partial charge in [-0.1, -0.05) is 36.4 Å². The van der Waals surface area contributed by atoms with Crippen molar-refractivity contribution in [3.05, 3.63) is 72.7 Å². The number of aromatic nitrogens is 2. The summed E-state index contributed by atoms with van der Waals surface area (Å²) in [5.41, 5.74) is 1.81. The van der Waals surface area contributed by atoms with Crippen LogP contribution >= 0.6 is 0 Å². The molecule has 2 aromatic carbocycles. The smallest absolute Gasteiger partial charge is 0.268 e. The Morgan fingerprint density at radius 2 is 1.81 bits per heavy atom. The fourth-order valence-corrected chi connectivity index (χ4v) is 7.21. The molecular weight excluding hydrogens is 406 g/mol. The summed E-state index contributed by atoms with van der Waals surface area (Å²) in [5, 5.41) is 2.68. The Labute approximate surface area is 182 Å². The number of rotatable bonds is 3. The SMILES string of the molecule is O=S(=O)(c1cccc2ccccc12)n1cc(C2CCN3CCCC3C2)c2ccncc21. The van der Waals surface area contributed by atoms with Crippen LogP contribution in [0, 0.1) is 0 Å². The predicted molar refractivity (Wildman–Crippen MR) is 123 cm³/mol. The summed E-state index contributed by atoms with van der Waals surface area (Å²) in [6.07, 6.45) is 10.0. The molecule has 2 saturated heterocycles. The topological polar surface area (TPSA) is 55.2 Å². The van der Waals surface area contributed by atoms with Gasteiger partial charge < -0.3 is 4.90 Å². The first-order chi connectivity index (χ1) is 15.1. The van der Waals surface area contributed by atoms with E-state index in [9.17, 15) is 8.42 Å². The molecule has 2 aliphatic heterocycles. The number of nitrogens with zero attached hydrogens (tertiary/aromatic N) is 3. The van der Waals surface area contributed by atoms with Gasteiger partial charge in [0.15, 0.2) is 0 Å². The van der Waals surface area contributed by atoms with E-state index < -0.39 is 10.0 Å². The lowest BCUT2D eigenvalue weighted by atomic mass is 9.85. The van der Waals surface area contributed by atoms with Crippen molar-refractivity contribution in [2.24, 2.45) is 0 Å². The Morgan fingerprint density at radius 1 is 0.935 bits per heavy atom. The molecule has 4 heterocycles. The highest BCUT2D eigenvalue weighted by molar-refractivity contribution is 7.90. The lowest BCUT2D eigenvalue weighted by molar-refractivity contribution is 0.181. The molecule has 0 saturated carbocycles. The Balaban J connectivity index is 1.51. The van der Waals surface area contributed by atoms with E-state index in [-0.39, 0.29) is 0 Å². The highest BCUT2D eigenvalue weighted by Gasteiger charge is 2.34. The normalized spacial score (nSPS) is 22.2. The molecule has 6 heteroatoms. The van der Waals surface area contributed by atoms with Gasteiger partial charge in [0.2, 0.25) is 0 Å². The first-order valence-corrected chi connectivity index (χ1v) is 12.5. The second-order valence-corrected chi connectivity index (χ2v) is 10.6. The first kappa shape index (κ1) is 19.0. The van der Waals surface area contributed by atoms with Gasteiger partial charge in [-0.3, -0.25) is 4.98 Å². The number of hydrogen-bond donors (Lipinski definition) is 0. The lowest BCUT2D eigenvalue weighted by Gasteiger charge is -2.34. The quantitative estimate of drug-likeness (QED) is 0.469. The van der Waals surface area contributed by atoms with Crippen LogP contribution < -0.4 is 0 Å². The molecule has 2 aliphatic rings. The van der Waals surface area contributed by atoms with Crippen molar-refractivity contribution in [2.45, 2.75) is 42.5 Å². The number of piperidine rings is 1. The zero-order valence-electron chi connectivity index (χ0n) is 17.3. The molecule has 31 heavy (non-hydrogen) atoms. The molecule has 4 aromatic rings. The second kappa shape index (κ2) is 7.18. The van der Waals surface area contributed by atoms with Crippen LogP contribution in [-0.2, 0) is 10.0 Å². The van der Waals surface area contributed by atoms with E-state index in [0.717, 1.165) is 41.1 Å². The van der Waals surface area contributed by atoms with E-state index in [1.807, 2.05) is 48.7 Å². The molecule has 0 N–H and O–H groups in total. The van der Waals surface area contributed by atoms with Crippen molar-refractivity contribution in [1.82, 2.24) is 13.9 Å². The van der Waals surface area contributed by atoms with Crippen LogP contribution in [0.3, 0.4) is 0 Å². The molecule has 6 rings (SSSR count). The van der Waals surface area contributed by atoms with Gasteiger partial charge in [-0.05, 0) is 67.8 Å². The van der Waals surface area contributed by atoms with Gasteiger partial charge in [-0.2, -0.15) is 0 Å². The molecule has 0 aliphatic carbocycles. The van der Waals surface area contributed by atoms with Crippen LogP contribution in [0.1, 0.15) is 37.2 Å². The number of fused-ring (bicyclic) bond motifs is 3. The zero-order valence-corrected chi connectivity index (χ0v) is 18.1. The standard InChI is InChI=1S/C25H25N3O2S/c29-31(30,25-9-3-6-18-5-1-2-8-21(18)25)28-17-23(22-10-12-26-16-24(22)28)19-11-14-27-13-4-7-20(27)15-19/h1-3,5-6,8-10,12,16-17,19-20H,4,7,11,13-15H2. The third-order valence-corrected chi connectivity index (χ3v) is 8.88. The van der Waals surface area contributed by atoms with Gasteiger partial charge in [-0.15, -0.1) is 0 Å². The minimum atomic E-state index is -3.76. The van der Waals surface area contributed by atoms with Crippen molar-refractivity contribution in [1.29, 1.82) is 0 Å². The third kappa shape index (κ3) is 3.00. The van der Waals surface area contributed by atoms with Gasteiger partial charge in [-0.25, -0.2) is 12.4 Å². The van der Waals surface area contributed by atoms with Crippen LogP contribution in [0.5, 0.6) is 0 Å². The Hall–Kier alpha value is -2.70. The van der Waals surface area contributed by atoms with Crippen molar-refractivity contribution in [3.8, 4) is 0 Å². The molecule has 2 aromatic heterocycles. The average molecular weight is 432 g/mol. The molecule has 2 unspecified atom stereocenters. The van der Waals surface area contributed by atoms with Gasteiger partial charge >= 0.3 is 0 Å². The molecule has 5 nitrogen and oxygen atoms in total. The minimum Gasteiger partial charge on any atom is -0.300 e. The van der Waals surface area contributed by atoms with E-state index in [4.69, 9.17) is 0 Å². The van der Waals surface area contributed by atoms with Gasteiger partial charge in [0.1, 0.15) is 0 Å². The zero-order chi connectivity index (χ0) is 21.0. The monoisotopic (exact) mass is 431 g/mol. The summed E-state index contributed by atoms with van der Waals surface area (Å²) in [4.78, 5) is 7.20. The fourth-order valence-electron chi connectivity index (χ4n) is 5.63. The highest BCUT2D eigenvalue weighted by atomic mass is 32.2. The summed E-state index contributed by atoms with van der Waals surface area (Å²) in [7, 11) is -3.76. The summed E-state index contributed by atoms with van der Waals surface area (Å²) in [5.74, 6) is 0.383. The Morgan fingerprint density at radius 3 is 2.74 bits per heavy atom. The van der Waals surface area contributed by atoms with E-state index >= 15 is 0 Å². The largest absolute Gasteiger partial charge is 0.300 e. The van der Waals surface area contributed by atoms with E-state index in [0.29, 0.717) is 22.4 Å². The molecule has 2 atom stereocenters. The Kier molecular flexibility index (Phi) is 4.40. The summed E-state index contributed by atoms with van der Waals surface area (Å²) >= 11 is 0. The second-order valence-electron chi connectivity index (χ2n) is 8.81. The van der Waals surface area contributed by atoms with Crippen LogP contribution in [0.2, 0.25) is 0 Å². The van der Waals surface area contributed by atoms with Crippen molar-refractivity contribution >= 4 is 31.7 Å². The predicted octanol–water partition coefficient (Wildman–Crippen LogP) is 4.77. The molecule has 0 spiro atoms. The summed E-state index contributed by atoms with van der Waals surface area (Å²) in [6.45, 7) is 2.31. The molecule has 0 amide bonds. The maximum Gasteiger partial charge on any atom is 0.268 e. The summed E-state index contributed by atoms with van der Waals surface area (Å²) in [6, 6.07) is 15.7. The highest BCUT2D eigenvalue weighted by Crippen LogP contribution is 2.40. The van der Waals surface area contributed by atoms with Crippen LogP contribution in [0.15, 0.2) is 72.0 Å². The molecular formula is C25H25N3O2S. The van der Waals surface area contributed by atoms with Crippen molar-refractivity contribution < 1.29 is 8.42 Å². The van der Waals surface area contributed by atoms with Crippen LogP contribution in [-0.4, -0.2) is 41.4 Å². The average Bonchev–Trinajstić information content (AvgIpc) is 3.43. The molecule has 158 valence electrons. The first-order valence-electron chi connectivity index (χ1n) is 11.1. The molecule has 0 radical (unpaired) electrons. The Bertz CT molecular complexity index is 1390. The van der Waals surface area contributed by atoms with Gasteiger partial charge in [0.25, 0.3) is 10.0 Å². The summed E-state index contributed by atoms with van der Waals surface area (Å²) < 4.78 is 29.2. The van der Waals surface area contributed by atoms with Crippen LogP contribution in [0.4, 0.5) is 0 Å². The van der Waals surface area contributed by atoms with Gasteiger partial charge in [0, 0.05) is 29.2 Å². The number of pyridine rings is 1. The van der Waals surface area contributed by atoms with Gasteiger partial charge in [0.05, 0.1) is 16.6 Å². The van der Waals surface area contributed by atoms with Crippen molar-refractivity contribution in [3.63, 3.8) is 0 Å². The maximum absolute atomic E-state index is 13.9. The fraction of sp³-hybridized carbons (Fsp3) is 0.320. The van der Waals surface area contributed by atoms with E-state index in [1.165, 1.54) is 23.4 Å². The molecule has 0 bridgehead atoms.